The number of amides is 1. The zero-order valence-electron chi connectivity index (χ0n) is 16.9. The molecule has 0 radical (unpaired) electrons. The van der Waals surface area contributed by atoms with Crippen LogP contribution in [0.2, 0.25) is 0 Å². The highest BCUT2D eigenvalue weighted by Crippen LogP contribution is 2.18. The van der Waals surface area contributed by atoms with Crippen molar-refractivity contribution in [1.29, 1.82) is 0 Å². The average Bonchev–Trinajstić information content (AvgIpc) is 2.65. The van der Waals surface area contributed by atoms with Crippen molar-refractivity contribution in [3.8, 4) is 0 Å². The lowest BCUT2D eigenvalue weighted by Crippen LogP contribution is -2.24. The van der Waals surface area contributed by atoms with Crippen molar-refractivity contribution in [2.75, 3.05) is 19.0 Å². The Balaban J connectivity index is 2.02. The van der Waals surface area contributed by atoms with Crippen molar-refractivity contribution in [1.82, 2.24) is 9.55 Å². The Morgan fingerprint density at radius 3 is 2.75 bits per heavy atom. The molecule has 1 heterocycles. The highest BCUT2D eigenvalue weighted by atomic mass is 32.2. The Labute approximate surface area is 170 Å². The fourth-order valence-corrected chi connectivity index (χ4v) is 3.69. The van der Waals surface area contributed by atoms with E-state index in [2.05, 4.69) is 13.8 Å². The summed E-state index contributed by atoms with van der Waals surface area (Å²) >= 11 is 1.56. The van der Waals surface area contributed by atoms with Crippen LogP contribution in [0.1, 0.15) is 46.0 Å². The molecule has 154 valence electrons. The first-order chi connectivity index (χ1) is 13.5. The van der Waals surface area contributed by atoms with Gasteiger partial charge in [-0.1, -0.05) is 44.2 Å². The third kappa shape index (κ3) is 7.28. The molecule has 2 N–H and O–H groups in total. The number of benzene rings is 1. The predicted octanol–water partition coefficient (Wildman–Crippen LogP) is 3.60. The third-order valence-corrected chi connectivity index (χ3v) is 5.37. The molecule has 0 unspecified atom stereocenters. The summed E-state index contributed by atoms with van der Waals surface area (Å²) in [6.07, 6.45) is 3.85. The number of carbonyl (C=O) groups is 1. The van der Waals surface area contributed by atoms with Crippen LogP contribution < -0.4 is 11.3 Å². The summed E-state index contributed by atoms with van der Waals surface area (Å²) in [5.74, 6) is 1.11. The first kappa shape index (κ1) is 22.4. The van der Waals surface area contributed by atoms with E-state index < -0.39 is 0 Å². The van der Waals surface area contributed by atoms with Crippen molar-refractivity contribution < 1.29 is 9.53 Å². The minimum absolute atomic E-state index is 0.0104. The quantitative estimate of drug-likeness (QED) is 0.313. The average molecular weight is 406 g/mol. The summed E-state index contributed by atoms with van der Waals surface area (Å²) in [5.41, 5.74) is 5.90. The maximum Gasteiger partial charge on any atom is 0.262 e. The summed E-state index contributed by atoms with van der Waals surface area (Å²) in [6.45, 7) is 6.35. The van der Waals surface area contributed by atoms with Gasteiger partial charge in [0, 0.05) is 25.3 Å². The number of primary amides is 1. The highest BCUT2D eigenvalue weighted by Gasteiger charge is 2.11. The zero-order valence-corrected chi connectivity index (χ0v) is 17.7. The molecule has 2 rings (SSSR count). The maximum atomic E-state index is 12.9. The second kappa shape index (κ2) is 11.9. The predicted molar refractivity (Wildman–Crippen MR) is 115 cm³/mol. The molecule has 28 heavy (non-hydrogen) atoms. The van der Waals surface area contributed by atoms with E-state index >= 15 is 0 Å². The van der Waals surface area contributed by atoms with Crippen LogP contribution in [0.5, 0.6) is 0 Å². The first-order valence-electron chi connectivity index (χ1n) is 9.97. The maximum absolute atomic E-state index is 12.9. The van der Waals surface area contributed by atoms with E-state index in [4.69, 9.17) is 15.5 Å². The largest absolute Gasteiger partial charge is 0.381 e. The smallest absolute Gasteiger partial charge is 0.262 e. The molecular formula is C21H31N3O3S. The number of nitrogens with two attached hydrogens (primary N) is 1. The second-order valence-corrected chi connectivity index (χ2v) is 8.35. The lowest BCUT2D eigenvalue weighted by Gasteiger charge is -2.13. The Hall–Kier alpha value is -1.86. The Kier molecular flexibility index (Phi) is 9.50. The van der Waals surface area contributed by atoms with Crippen molar-refractivity contribution in [2.45, 2.75) is 57.7 Å². The van der Waals surface area contributed by atoms with Gasteiger partial charge in [0.15, 0.2) is 5.16 Å². The van der Waals surface area contributed by atoms with E-state index in [1.807, 2.05) is 24.3 Å². The van der Waals surface area contributed by atoms with E-state index in [1.54, 1.807) is 16.3 Å². The number of thioether (sulfide) groups is 1. The van der Waals surface area contributed by atoms with Gasteiger partial charge in [-0.3, -0.25) is 14.2 Å². The van der Waals surface area contributed by atoms with E-state index in [0.717, 1.165) is 48.7 Å². The molecule has 1 aromatic heterocycles. The fraction of sp³-hybridized carbons (Fsp3) is 0.571. The standard InChI is InChI=1S/C21H31N3O3S/c1-16(2)11-13-27-14-15-28-21-23-18-9-6-5-8-17(18)20(26)24(21)12-7-3-4-10-19(22)25/h5-6,8-9,16H,3-4,7,10-15H2,1-2H3,(H2,22,25). The van der Waals surface area contributed by atoms with Gasteiger partial charge in [-0.15, -0.1) is 0 Å². The zero-order chi connectivity index (χ0) is 20.4. The van der Waals surface area contributed by atoms with Crippen LogP contribution in [0.4, 0.5) is 0 Å². The fourth-order valence-electron chi connectivity index (χ4n) is 2.81. The van der Waals surface area contributed by atoms with Crippen molar-refractivity contribution in [3.63, 3.8) is 0 Å². The number of unbranched alkanes of at least 4 members (excludes halogenated alkanes) is 2. The summed E-state index contributed by atoms with van der Waals surface area (Å²) < 4.78 is 7.43. The summed E-state index contributed by atoms with van der Waals surface area (Å²) in [5, 5.41) is 1.36. The van der Waals surface area contributed by atoms with Crippen LogP contribution in [0.15, 0.2) is 34.2 Å². The van der Waals surface area contributed by atoms with Gasteiger partial charge in [0.2, 0.25) is 5.91 Å². The number of para-hydroxylation sites is 1. The van der Waals surface area contributed by atoms with E-state index in [1.165, 1.54) is 0 Å². The molecule has 0 aliphatic carbocycles. The van der Waals surface area contributed by atoms with E-state index in [9.17, 15) is 9.59 Å². The van der Waals surface area contributed by atoms with Crippen LogP contribution in [0, 0.1) is 5.92 Å². The monoisotopic (exact) mass is 405 g/mol. The number of ether oxygens (including phenoxy) is 1. The highest BCUT2D eigenvalue weighted by molar-refractivity contribution is 7.99. The van der Waals surface area contributed by atoms with Crippen molar-refractivity contribution in [2.24, 2.45) is 11.7 Å². The van der Waals surface area contributed by atoms with Gasteiger partial charge in [-0.2, -0.15) is 0 Å². The number of hydrogen-bond acceptors (Lipinski definition) is 5. The number of aromatic nitrogens is 2. The molecule has 0 saturated heterocycles. The van der Waals surface area contributed by atoms with Gasteiger partial charge in [-0.25, -0.2) is 4.98 Å². The van der Waals surface area contributed by atoms with Crippen molar-refractivity contribution >= 4 is 28.6 Å². The molecule has 2 aromatic rings. The minimum atomic E-state index is -0.279. The Bertz CT molecular complexity index is 820. The SMILES string of the molecule is CC(C)CCOCCSc1nc2ccccc2c(=O)n1CCCCCC(N)=O. The van der Waals surface area contributed by atoms with Crippen LogP contribution in [-0.2, 0) is 16.1 Å². The summed E-state index contributed by atoms with van der Waals surface area (Å²) in [6, 6.07) is 7.44. The molecule has 1 amide bonds. The van der Waals surface area contributed by atoms with E-state index in [0.29, 0.717) is 30.9 Å². The number of carbonyl (C=O) groups excluding carboxylic acids is 1. The topological polar surface area (TPSA) is 87.2 Å². The van der Waals surface area contributed by atoms with Crippen LogP contribution in [0.3, 0.4) is 0 Å². The van der Waals surface area contributed by atoms with Gasteiger partial charge in [0.25, 0.3) is 5.56 Å². The minimum Gasteiger partial charge on any atom is -0.381 e. The molecule has 0 saturated carbocycles. The molecule has 0 bridgehead atoms. The van der Waals surface area contributed by atoms with E-state index in [-0.39, 0.29) is 11.5 Å². The van der Waals surface area contributed by atoms with Crippen LogP contribution in [0.25, 0.3) is 10.9 Å². The number of fused-ring (bicyclic) bond motifs is 1. The lowest BCUT2D eigenvalue weighted by atomic mass is 10.1. The molecule has 0 aliphatic rings. The number of hydrogen-bond donors (Lipinski definition) is 1. The third-order valence-electron chi connectivity index (χ3n) is 4.43. The Morgan fingerprint density at radius 2 is 2.00 bits per heavy atom. The molecule has 0 aliphatic heterocycles. The summed E-state index contributed by atoms with van der Waals surface area (Å²) in [4.78, 5) is 28.5. The number of nitrogens with zero attached hydrogens (tertiary/aromatic N) is 2. The molecule has 1 aromatic carbocycles. The molecular weight excluding hydrogens is 374 g/mol. The molecule has 6 nitrogen and oxygen atoms in total. The first-order valence-corrected chi connectivity index (χ1v) is 11.0. The molecule has 7 heteroatoms. The molecule has 0 spiro atoms. The van der Waals surface area contributed by atoms with Crippen molar-refractivity contribution in [3.05, 3.63) is 34.6 Å². The van der Waals surface area contributed by atoms with Gasteiger partial charge in [0.05, 0.1) is 17.5 Å². The normalized spacial score (nSPS) is 11.4. The van der Waals surface area contributed by atoms with Gasteiger partial charge >= 0.3 is 0 Å². The molecule has 0 fully saturated rings. The Morgan fingerprint density at radius 1 is 1.21 bits per heavy atom. The lowest BCUT2D eigenvalue weighted by molar-refractivity contribution is -0.118. The van der Waals surface area contributed by atoms with Crippen LogP contribution in [-0.4, -0.2) is 34.4 Å². The van der Waals surface area contributed by atoms with Crippen LogP contribution >= 0.6 is 11.8 Å². The second-order valence-electron chi connectivity index (χ2n) is 7.29. The van der Waals surface area contributed by atoms with Gasteiger partial charge < -0.3 is 10.5 Å². The van der Waals surface area contributed by atoms with Gasteiger partial charge in [0.1, 0.15) is 0 Å². The van der Waals surface area contributed by atoms with Gasteiger partial charge in [-0.05, 0) is 37.3 Å². The summed E-state index contributed by atoms with van der Waals surface area (Å²) in [7, 11) is 0. The number of rotatable bonds is 13. The molecule has 0 atom stereocenters.